The number of aliphatic hydroxyl groups is 1. The first-order chi connectivity index (χ1) is 12.5. The molecule has 2 atom stereocenters. The average Bonchev–Trinajstić information content (AvgIpc) is 3.09. The fourth-order valence-electron chi connectivity index (χ4n) is 4.21. The standard InChI is InChI=1S/C20H23ClN2O2S/c21-17-7-2-1-6-16(17)19-22-15(13-26-19)11-18(24)23-10-9-20(25)8-4-3-5-14(20)12-23/h1-2,6-7,13-14,25H,3-5,8-12H2/t14-,20-/m1/s1. The number of likely N-dealkylation sites (tertiary alicyclic amines) is 1. The molecule has 4 rings (SSSR count). The molecule has 2 aliphatic rings. The Bertz CT molecular complexity index is 809. The van der Waals surface area contributed by atoms with Gasteiger partial charge in [-0.3, -0.25) is 4.79 Å². The van der Waals surface area contributed by atoms with E-state index in [0.717, 1.165) is 41.9 Å². The topological polar surface area (TPSA) is 53.4 Å². The van der Waals surface area contributed by atoms with Gasteiger partial charge in [-0.1, -0.05) is 42.6 Å². The Morgan fingerprint density at radius 3 is 3.04 bits per heavy atom. The van der Waals surface area contributed by atoms with Crippen molar-refractivity contribution in [2.75, 3.05) is 13.1 Å². The molecule has 1 aromatic carbocycles. The van der Waals surface area contributed by atoms with Gasteiger partial charge < -0.3 is 10.0 Å². The summed E-state index contributed by atoms with van der Waals surface area (Å²) in [7, 11) is 0. The summed E-state index contributed by atoms with van der Waals surface area (Å²) in [6, 6.07) is 7.63. The second kappa shape index (κ2) is 7.29. The molecule has 2 aromatic rings. The van der Waals surface area contributed by atoms with Crippen molar-refractivity contribution < 1.29 is 9.90 Å². The average molecular weight is 391 g/mol. The van der Waals surface area contributed by atoms with Crippen molar-refractivity contribution in [2.45, 2.75) is 44.1 Å². The largest absolute Gasteiger partial charge is 0.389 e. The first kappa shape index (κ1) is 18.0. The fourth-order valence-corrected chi connectivity index (χ4v) is 5.35. The summed E-state index contributed by atoms with van der Waals surface area (Å²) in [6.07, 6.45) is 5.17. The van der Waals surface area contributed by atoms with E-state index in [2.05, 4.69) is 4.98 Å². The summed E-state index contributed by atoms with van der Waals surface area (Å²) in [4.78, 5) is 19.3. The van der Waals surface area contributed by atoms with Gasteiger partial charge in [-0.25, -0.2) is 4.98 Å². The number of piperidine rings is 1. The van der Waals surface area contributed by atoms with Gasteiger partial charge >= 0.3 is 0 Å². The predicted octanol–water partition coefficient (Wildman–Crippen LogP) is 4.16. The van der Waals surface area contributed by atoms with Crippen LogP contribution < -0.4 is 0 Å². The highest BCUT2D eigenvalue weighted by Crippen LogP contribution is 2.40. The molecule has 0 radical (unpaired) electrons. The molecule has 1 saturated heterocycles. The van der Waals surface area contributed by atoms with E-state index in [9.17, 15) is 9.90 Å². The third kappa shape index (κ3) is 3.53. The molecule has 1 amide bonds. The molecule has 0 bridgehead atoms. The van der Waals surface area contributed by atoms with Gasteiger partial charge in [-0.2, -0.15) is 0 Å². The number of halogens is 1. The van der Waals surface area contributed by atoms with E-state index < -0.39 is 5.60 Å². The highest BCUT2D eigenvalue weighted by molar-refractivity contribution is 7.13. The van der Waals surface area contributed by atoms with Gasteiger partial charge in [-0.15, -0.1) is 11.3 Å². The van der Waals surface area contributed by atoms with Crippen LogP contribution in [0.4, 0.5) is 0 Å². The second-order valence-electron chi connectivity index (χ2n) is 7.44. The lowest BCUT2D eigenvalue weighted by atomic mass is 9.71. The summed E-state index contributed by atoms with van der Waals surface area (Å²) in [5.74, 6) is 0.330. The Balaban J connectivity index is 1.42. The van der Waals surface area contributed by atoms with Crippen LogP contribution in [0.2, 0.25) is 5.02 Å². The van der Waals surface area contributed by atoms with Gasteiger partial charge in [0, 0.05) is 30.0 Å². The smallest absolute Gasteiger partial charge is 0.228 e. The molecule has 26 heavy (non-hydrogen) atoms. The predicted molar refractivity (Wildman–Crippen MR) is 104 cm³/mol. The number of hydrogen-bond donors (Lipinski definition) is 1. The number of aromatic nitrogens is 1. The first-order valence-electron chi connectivity index (χ1n) is 9.25. The van der Waals surface area contributed by atoms with Crippen LogP contribution in [0.5, 0.6) is 0 Å². The van der Waals surface area contributed by atoms with Crippen LogP contribution in [0.1, 0.15) is 37.8 Å². The van der Waals surface area contributed by atoms with E-state index in [1.54, 1.807) is 0 Å². The summed E-state index contributed by atoms with van der Waals surface area (Å²) in [6.45, 7) is 1.32. The maximum atomic E-state index is 12.7. The number of amides is 1. The number of thiazole rings is 1. The van der Waals surface area contributed by atoms with Crippen LogP contribution >= 0.6 is 22.9 Å². The normalized spacial score (nSPS) is 25.8. The SMILES string of the molecule is O=C(Cc1csc(-c2ccccc2Cl)n1)N1CC[C@]2(O)CCCC[C@@H]2C1. The van der Waals surface area contributed by atoms with E-state index in [4.69, 9.17) is 11.6 Å². The Morgan fingerprint density at radius 2 is 2.19 bits per heavy atom. The molecule has 6 heteroatoms. The number of hydrogen-bond acceptors (Lipinski definition) is 4. The molecule has 0 unspecified atom stereocenters. The number of carbonyl (C=O) groups is 1. The Morgan fingerprint density at radius 1 is 1.35 bits per heavy atom. The van der Waals surface area contributed by atoms with Crippen molar-refractivity contribution in [2.24, 2.45) is 5.92 Å². The molecule has 1 saturated carbocycles. The van der Waals surface area contributed by atoms with Gasteiger partial charge in [0.15, 0.2) is 0 Å². The molecule has 1 aliphatic heterocycles. The highest BCUT2D eigenvalue weighted by atomic mass is 35.5. The maximum absolute atomic E-state index is 12.7. The van der Waals surface area contributed by atoms with E-state index in [1.165, 1.54) is 11.3 Å². The monoisotopic (exact) mass is 390 g/mol. The zero-order chi connectivity index (χ0) is 18.1. The highest BCUT2D eigenvalue weighted by Gasteiger charge is 2.43. The first-order valence-corrected chi connectivity index (χ1v) is 10.5. The summed E-state index contributed by atoms with van der Waals surface area (Å²) < 4.78 is 0. The second-order valence-corrected chi connectivity index (χ2v) is 8.70. The van der Waals surface area contributed by atoms with Crippen LogP contribution in [-0.4, -0.2) is 39.6 Å². The number of nitrogens with zero attached hydrogens (tertiary/aromatic N) is 2. The van der Waals surface area contributed by atoms with Crippen LogP contribution in [0.15, 0.2) is 29.6 Å². The molecular formula is C20H23ClN2O2S. The molecule has 1 aliphatic carbocycles. The van der Waals surface area contributed by atoms with Crippen LogP contribution in [0, 0.1) is 5.92 Å². The van der Waals surface area contributed by atoms with Crippen molar-refractivity contribution >= 4 is 28.8 Å². The maximum Gasteiger partial charge on any atom is 0.228 e. The Kier molecular flexibility index (Phi) is 5.04. The molecule has 138 valence electrons. The number of benzene rings is 1. The van der Waals surface area contributed by atoms with Gasteiger partial charge in [0.05, 0.1) is 22.7 Å². The minimum Gasteiger partial charge on any atom is -0.389 e. The minimum atomic E-state index is -0.549. The molecule has 2 heterocycles. The van der Waals surface area contributed by atoms with Crippen LogP contribution in [-0.2, 0) is 11.2 Å². The van der Waals surface area contributed by atoms with Crippen molar-refractivity contribution in [3.8, 4) is 10.6 Å². The van der Waals surface area contributed by atoms with E-state index in [1.807, 2.05) is 34.5 Å². The molecule has 2 fully saturated rings. The lowest BCUT2D eigenvalue weighted by Crippen LogP contribution is -2.54. The quantitative estimate of drug-likeness (QED) is 0.856. The third-order valence-corrected chi connectivity index (χ3v) is 7.02. The fraction of sp³-hybridized carbons (Fsp3) is 0.500. The van der Waals surface area contributed by atoms with Crippen molar-refractivity contribution in [1.82, 2.24) is 9.88 Å². The molecule has 4 nitrogen and oxygen atoms in total. The van der Waals surface area contributed by atoms with Gasteiger partial charge in [0.2, 0.25) is 5.91 Å². The Labute approximate surface area is 162 Å². The molecule has 1 aromatic heterocycles. The van der Waals surface area contributed by atoms with E-state index >= 15 is 0 Å². The van der Waals surface area contributed by atoms with Gasteiger partial charge in [-0.05, 0) is 25.3 Å². The van der Waals surface area contributed by atoms with Crippen molar-refractivity contribution in [3.63, 3.8) is 0 Å². The lowest BCUT2D eigenvalue weighted by molar-refractivity contribution is -0.142. The number of carbonyl (C=O) groups excluding carboxylic acids is 1. The molecule has 0 spiro atoms. The molecular weight excluding hydrogens is 368 g/mol. The van der Waals surface area contributed by atoms with Crippen molar-refractivity contribution in [1.29, 1.82) is 0 Å². The zero-order valence-corrected chi connectivity index (χ0v) is 16.2. The summed E-state index contributed by atoms with van der Waals surface area (Å²) in [5.41, 5.74) is 1.15. The molecule has 1 N–H and O–H groups in total. The number of rotatable bonds is 3. The minimum absolute atomic E-state index is 0.105. The van der Waals surface area contributed by atoms with Crippen LogP contribution in [0.3, 0.4) is 0 Å². The summed E-state index contributed by atoms with van der Waals surface area (Å²) in [5, 5.41) is 14.2. The van der Waals surface area contributed by atoms with Gasteiger partial charge in [0.1, 0.15) is 5.01 Å². The van der Waals surface area contributed by atoms with Crippen molar-refractivity contribution in [3.05, 3.63) is 40.4 Å². The van der Waals surface area contributed by atoms with E-state index in [0.29, 0.717) is 31.0 Å². The zero-order valence-electron chi connectivity index (χ0n) is 14.7. The number of fused-ring (bicyclic) bond motifs is 1. The van der Waals surface area contributed by atoms with Gasteiger partial charge in [0.25, 0.3) is 0 Å². The van der Waals surface area contributed by atoms with Crippen LogP contribution in [0.25, 0.3) is 10.6 Å². The Hall–Kier alpha value is -1.43. The third-order valence-electron chi connectivity index (χ3n) is 5.77. The summed E-state index contributed by atoms with van der Waals surface area (Å²) >= 11 is 7.76. The lowest BCUT2D eigenvalue weighted by Gasteiger charge is -2.47. The van der Waals surface area contributed by atoms with E-state index in [-0.39, 0.29) is 11.8 Å².